The standard InChI is InChI=1S/C14H21NO3/c1-5-17-14(16)15-6-7-18-13-9-11(3)10(2)8-12(13)4/h8-9H,5-7H2,1-4H3,(H,15,16). The van der Waals surface area contributed by atoms with E-state index in [1.807, 2.05) is 13.0 Å². The highest BCUT2D eigenvalue weighted by Crippen LogP contribution is 2.22. The second-order valence-electron chi connectivity index (χ2n) is 4.20. The van der Waals surface area contributed by atoms with Gasteiger partial charge < -0.3 is 14.8 Å². The molecule has 18 heavy (non-hydrogen) atoms. The number of alkyl carbamates (subject to hydrolysis) is 1. The van der Waals surface area contributed by atoms with Crippen LogP contribution in [-0.2, 0) is 4.74 Å². The lowest BCUT2D eigenvalue weighted by Gasteiger charge is -2.12. The molecule has 4 heteroatoms. The van der Waals surface area contributed by atoms with Crippen LogP contribution in [0.1, 0.15) is 23.6 Å². The summed E-state index contributed by atoms with van der Waals surface area (Å²) in [6.07, 6.45) is -0.405. The Morgan fingerprint density at radius 3 is 2.50 bits per heavy atom. The van der Waals surface area contributed by atoms with Crippen molar-refractivity contribution in [1.82, 2.24) is 5.32 Å². The normalized spacial score (nSPS) is 10.0. The molecule has 0 aliphatic carbocycles. The molecule has 4 nitrogen and oxygen atoms in total. The highest BCUT2D eigenvalue weighted by Gasteiger charge is 2.03. The number of nitrogens with one attached hydrogen (secondary N) is 1. The molecule has 0 bridgehead atoms. The van der Waals surface area contributed by atoms with Gasteiger partial charge in [0.05, 0.1) is 13.2 Å². The van der Waals surface area contributed by atoms with Gasteiger partial charge in [-0.3, -0.25) is 0 Å². The van der Waals surface area contributed by atoms with E-state index < -0.39 is 6.09 Å². The third-order valence-corrected chi connectivity index (χ3v) is 2.70. The van der Waals surface area contributed by atoms with Crippen molar-refractivity contribution in [3.8, 4) is 5.75 Å². The minimum absolute atomic E-state index is 0.378. The van der Waals surface area contributed by atoms with Gasteiger partial charge in [0.2, 0.25) is 0 Å². The summed E-state index contributed by atoms with van der Waals surface area (Å²) >= 11 is 0. The van der Waals surface area contributed by atoms with Crippen molar-refractivity contribution in [3.05, 3.63) is 28.8 Å². The zero-order valence-electron chi connectivity index (χ0n) is 11.5. The van der Waals surface area contributed by atoms with E-state index in [1.54, 1.807) is 6.92 Å². The van der Waals surface area contributed by atoms with Gasteiger partial charge in [-0.2, -0.15) is 0 Å². The highest BCUT2D eigenvalue weighted by atomic mass is 16.5. The maximum Gasteiger partial charge on any atom is 0.407 e. The molecular weight excluding hydrogens is 230 g/mol. The Hall–Kier alpha value is -1.71. The Balaban J connectivity index is 2.40. The van der Waals surface area contributed by atoms with E-state index in [-0.39, 0.29) is 0 Å². The Kier molecular flexibility index (Phi) is 5.49. The first-order chi connectivity index (χ1) is 8.54. The molecule has 1 aromatic carbocycles. The van der Waals surface area contributed by atoms with E-state index in [1.165, 1.54) is 11.1 Å². The third kappa shape index (κ3) is 4.28. The number of hydrogen-bond acceptors (Lipinski definition) is 3. The molecule has 1 rings (SSSR count). The maximum absolute atomic E-state index is 11.0. The first-order valence-electron chi connectivity index (χ1n) is 6.16. The Labute approximate surface area is 108 Å². The summed E-state index contributed by atoms with van der Waals surface area (Å²) in [5.41, 5.74) is 3.56. The van der Waals surface area contributed by atoms with Crippen LogP contribution in [0.3, 0.4) is 0 Å². The first kappa shape index (κ1) is 14.4. The third-order valence-electron chi connectivity index (χ3n) is 2.70. The van der Waals surface area contributed by atoms with E-state index >= 15 is 0 Å². The van der Waals surface area contributed by atoms with Crippen LogP contribution < -0.4 is 10.1 Å². The molecule has 0 spiro atoms. The molecule has 100 valence electrons. The zero-order valence-corrected chi connectivity index (χ0v) is 11.5. The topological polar surface area (TPSA) is 47.6 Å². The zero-order chi connectivity index (χ0) is 13.5. The van der Waals surface area contributed by atoms with Gasteiger partial charge in [-0.05, 0) is 50.5 Å². The van der Waals surface area contributed by atoms with Crippen molar-refractivity contribution in [2.75, 3.05) is 19.8 Å². The summed E-state index contributed by atoms with van der Waals surface area (Å²) in [7, 11) is 0. The van der Waals surface area contributed by atoms with Crippen molar-refractivity contribution in [2.24, 2.45) is 0 Å². The number of amides is 1. The second-order valence-corrected chi connectivity index (χ2v) is 4.20. The van der Waals surface area contributed by atoms with Crippen LogP contribution >= 0.6 is 0 Å². The predicted molar refractivity (Wildman–Crippen MR) is 71.2 cm³/mol. The fourth-order valence-electron chi connectivity index (χ4n) is 1.59. The summed E-state index contributed by atoms with van der Waals surface area (Å²) in [5, 5.41) is 2.61. The number of ether oxygens (including phenoxy) is 2. The Bertz CT molecular complexity index is 416. The average Bonchev–Trinajstić information content (AvgIpc) is 2.31. The minimum Gasteiger partial charge on any atom is -0.491 e. The number of hydrogen-bond donors (Lipinski definition) is 1. The minimum atomic E-state index is -0.405. The SMILES string of the molecule is CCOC(=O)NCCOc1cc(C)c(C)cc1C. The quantitative estimate of drug-likeness (QED) is 0.818. The molecule has 0 fully saturated rings. The van der Waals surface area contributed by atoms with Crippen LogP contribution in [0.5, 0.6) is 5.75 Å². The lowest BCUT2D eigenvalue weighted by Crippen LogP contribution is -2.28. The van der Waals surface area contributed by atoms with E-state index in [9.17, 15) is 4.79 Å². The molecule has 0 unspecified atom stereocenters. The molecule has 1 aromatic rings. The second kappa shape index (κ2) is 6.89. The lowest BCUT2D eigenvalue weighted by molar-refractivity contribution is 0.150. The highest BCUT2D eigenvalue weighted by molar-refractivity contribution is 5.66. The monoisotopic (exact) mass is 251 g/mol. The molecule has 0 heterocycles. The summed E-state index contributed by atoms with van der Waals surface area (Å²) in [6.45, 7) is 9.16. The summed E-state index contributed by atoms with van der Waals surface area (Å²) in [4.78, 5) is 11.0. The fourth-order valence-corrected chi connectivity index (χ4v) is 1.59. The van der Waals surface area contributed by atoms with Gasteiger partial charge in [0.1, 0.15) is 12.4 Å². The average molecular weight is 251 g/mol. The van der Waals surface area contributed by atoms with Crippen molar-refractivity contribution >= 4 is 6.09 Å². The Morgan fingerprint density at radius 2 is 1.83 bits per heavy atom. The molecule has 1 amide bonds. The molecule has 0 atom stereocenters. The molecule has 0 radical (unpaired) electrons. The van der Waals surface area contributed by atoms with Gasteiger partial charge in [0, 0.05) is 0 Å². The van der Waals surface area contributed by atoms with Crippen LogP contribution in [0.15, 0.2) is 12.1 Å². The van der Waals surface area contributed by atoms with Crippen molar-refractivity contribution in [3.63, 3.8) is 0 Å². The van der Waals surface area contributed by atoms with E-state index in [0.717, 1.165) is 11.3 Å². The van der Waals surface area contributed by atoms with Gasteiger partial charge in [-0.25, -0.2) is 4.79 Å². The number of carbonyl (C=O) groups excluding carboxylic acids is 1. The molecular formula is C14H21NO3. The van der Waals surface area contributed by atoms with Crippen LogP contribution in [0.25, 0.3) is 0 Å². The fraction of sp³-hybridized carbons (Fsp3) is 0.500. The molecule has 0 saturated carbocycles. The number of rotatable bonds is 5. The number of carbonyl (C=O) groups is 1. The Morgan fingerprint density at radius 1 is 1.17 bits per heavy atom. The molecule has 1 N–H and O–H groups in total. The summed E-state index contributed by atoms with van der Waals surface area (Å²) in [5.74, 6) is 0.865. The van der Waals surface area contributed by atoms with E-state index in [0.29, 0.717) is 19.8 Å². The molecule has 0 aliphatic heterocycles. The summed E-state index contributed by atoms with van der Waals surface area (Å²) in [6, 6.07) is 4.12. The van der Waals surface area contributed by atoms with Gasteiger partial charge in [-0.15, -0.1) is 0 Å². The maximum atomic E-state index is 11.0. The van der Waals surface area contributed by atoms with Gasteiger partial charge >= 0.3 is 6.09 Å². The van der Waals surface area contributed by atoms with Crippen LogP contribution in [0.2, 0.25) is 0 Å². The first-order valence-corrected chi connectivity index (χ1v) is 6.16. The van der Waals surface area contributed by atoms with Crippen molar-refractivity contribution in [2.45, 2.75) is 27.7 Å². The molecule has 0 aliphatic rings. The molecule has 0 saturated heterocycles. The van der Waals surface area contributed by atoms with E-state index in [4.69, 9.17) is 9.47 Å². The number of benzene rings is 1. The van der Waals surface area contributed by atoms with E-state index in [2.05, 4.69) is 25.2 Å². The smallest absolute Gasteiger partial charge is 0.407 e. The van der Waals surface area contributed by atoms with Crippen molar-refractivity contribution < 1.29 is 14.3 Å². The van der Waals surface area contributed by atoms with Crippen LogP contribution in [0, 0.1) is 20.8 Å². The largest absolute Gasteiger partial charge is 0.491 e. The number of aryl methyl sites for hydroxylation is 3. The van der Waals surface area contributed by atoms with Gasteiger partial charge in [0.15, 0.2) is 0 Å². The van der Waals surface area contributed by atoms with Crippen LogP contribution in [-0.4, -0.2) is 25.9 Å². The van der Waals surface area contributed by atoms with Gasteiger partial charge in [-0.1, -0.05) is 6.07 Å². The predicted octanol–water partition coefficient (Wildman–Crippen LogP) is 2.74. The summed E-state index contributed by atoms with van der Waals surface area (Å²) < 4.78 is 10.4. The van der Waals surface area contributed by atoms with Gasteiger partial charge in [0.25, 0.3) is 0 Å². The van der Waals surface area contributed by atoms with Crippen LogP contribution in [0.4, 0.5) is 4.79 Å². The van der Waals surface area contributed by atoms with Crippen molar-refractivity contribution in [1.29, 1.82) is 0 Å². The molecule has 0 aromatic heterocycles. The lowest BCUT2D eigenvalue weighted by atomic mass is 10.1.